The number of pyridine rings is 1. The molecule has 2 amide bonds. The summed E-state index contributed by atoms with van der Waals surface area (Å²) in [4.78, 5) is 31.8. The van der Waals surface area contributed by atoms with E-state index in [9.17, 15) is 9.59 Å². The molecule has 0 radical (unpaired) electrons. The van der Waals surface area contributed by atoms with Crippen LogP contribution in [0.25, 0.3) is 5.52 Å². The predicted octanol–water partition coefficient (Wildman–Crippen LogP) is 3.31. The van der Waals surface area contributed by atoms with Gasteiger partial charge in [-0.3, -0.25) is 14.0 Å². The minimum absolute atomic E-state index is 0.166. The molecule has 0 spiro atoms. The number of benzene rings is 1. The van der Waals surface area contributed by atoms with E-state index in [1.54, 1.807) is 21.6 Å². The van der Waals surface area contributed by atoms with Gasteiger partial charge in [-0.15, -0.1) is 0 Å². The lowest BCUT2D eigenvalue weighted by Gasteiger charge is -2.17. The zero-order valence-electron chi connectivity index (χ0n) is 15.8. The van der Waals surface area contributed by atoms with Gasteiger partial charge in [-0.2, -0.15) is 0 Å². The maximum absolute atomic E-state index is 12.9. The molecule has 0 bridgehead atoms. The van der Waals surface area contributed by atoms with Crippen molar-refractivity contribution in [3.63, 3.8) is 0 Å². The normalized spacial score (nSPS) is 12.0. The molecule has 6 heteroatoms. The number of imidazole rings is 1. The van der Waals surface area contributed by atoms with Crippen LogP contribution in [0.2, 0.25) is 0 Å². The Balaban J connectivity index is 1.95. The smallest absolute Gasteiger partial charge is 0.290 e. The number of hydrogen-bond donors (Lipinski definition) is 1. The molecule has 1 atom stereocenters. The molecule has 27 heavy (non-hydrogen) atoms. The third kappa shape index (κ3) is 3.69. The molecule has 1 N–H and O–H groups in total. The molecular weight excluding hydrogens is 340 g/mol. The Kier molecular flexibility index (Phi) is 5.54. The number of fused-ring (bicyclic) bond motifs is 1. The number of aromatic nitrogens is 2. The molecule has 0 fully saturated rings. The van der Waals surface area contributed by atoms with Crippen molar-refractivity contribution in [1.29, 1.82) is 0 Å². The summed E-state index contributed by atoms with van der Waals surface area (Å²) >= 11 is 0. The van der Waals surface area contributed by atoms with Crippen molar-refractivity contribution in [2.75, 3.05) is 13.1 Å². The standard InChI is InChI=1S/C21H24N4O2/c1-4-24(5-2)21(27)19-23-18(17-13-9-10-14-25(17)19)20(26)22-15(3)16-11-7-6-8-12-16/h6-15H,4-5H2,1-3H3,(H,22,26). The average molecular weight is 364 g/mol. The van der Waals surface area contributed by atoms with Crippen molar-refractivity contribution in [2.45, 2.75) is 26.8 Å². The van der Waals surface area contributed by atoms with Gasteiger partial charge >= 0.3 is 0 Å². The number of carbonyl (C=O) groups excluding carboxylic acids is 2. The largest absolute Gasteiger partial charge is 0.344 e. The highest BCUT2D eigenvalue weighted by atomic mass is 16.2. The first kappa shape index (κ1) is 18.6. The molecule has 0 saturated carbocycles. The van der Waals surface area contributed by atoms with E-state index in [0.29, 0.717) is 18.6 Å². The highest BCUT2D eigenvalue weighted by Gasteiger charge is 2.24. The SMILES string of the molecule is CCN(CC)C(=O)c1nc(C(=O)NC(C)c2ccccc2)c2ccccn12. The summed E-state index contributed by atoms with van der Waals surface area (Å²) in [6.45, 7) is 6.94. The monoisotopic (exact) mass is 364 g/mol. The number of carbonyl (C=O) groups is 2. The van der Waals surface area contributed by atoms with Gasteiger partial charge in [-0.05, 0) is 38.5 Å². The zero-order chi connectivity index (χ0) is 19.4. The van der Waals surface area contributed by atoms with Crippen LogP contribution < -0.4 is 5.32 Å². The van der Waals surface area contributed by atoms with Crippen LogP contribution in [0, 0.1) is 0 Å². The molecule has 6 nitrogen and oxygen atoms in total. The first-order chi connectivity index (χ1) is 13.1. The summed E-state index contributed by atoms with van der Waals surface area (Å²) in [6.07, 6.45) is 1.76. The molecule has 3 aromatic rings. The molecule has 3 rings (SSSR count). The number of hydrogen-bond acceptors (Lipinski definition) is 3. The Hall–Kier alpha value is -3.15. The summed E-state index contributed by atoms with van der Waals surface area (Å²) in [5.74, 6) is -0.225. The van der Waals surface area contributed by atoms with E-state index < -0.39 is 0 Å². The van der Waals surface area contributed by atoms with Gasteiger partial charge in [0.05, 0.1) is 11.6 Å². The van der Waals surface area contributed by atoms with Crippen molar-refractivity contribution < 1.29 is 9.59 Å². The van der Waals surface area contributed by atoms with Crippen molar-refractivity contribution in [3.05, 3.63) is 71.8 Å². The molecule has 0 saturated heterocycles. The fraction of sp³-hybridized carbons (Fsp3) is 0.286. The molecule has 140 valence electrons. The lowest BCUT2D eigenvalue weighted by Crippen LogP contribution is -2.32. The lowest BCUT2D eigenvalue weighted by molar-refractivity contribution is 0.0760. The van der Waals surface area contributed by atoms with Crippen LogP contribution >= 0.6 is 0 Å². The minimum Gasteiger partial charge on any atom is -0.344 e. The second-order valence-corrected chi connectivity index (χ2v) is 6.32. The van der Waals surface area contributed by atoms with Gasteiger partial charge in [0.15, 0.2) is 5.69 Å². The molecule has 1 aromatic carbocycles. The Morgan fingerprint density at radius 3 is 2.41 bits per heavy atom. The van der Waals surface area contributed by atoms with E-state index in [-0.39, 0.29) is 29.4 Å². The van der Waals surface area contributed by atoms with E-state index >= 15 is 0 Å². The first-order valence-electron chi connectivity index (χ1n) is 9.19. The fourth-order valence-corrected chi connectivity index (χ4v) is 3.10. The zero-order valence-corrected chi connectivity index (χ0v) is 15.8. The predicted molar refractivity (Wildman–Crippen MR) is 105 cm³/mol. The second kappa shape index (κ2) is 8.03. The molecule has 0 aliphatic rings. The van der Waals surface area contributed by atoms with Gasteiger partial charge < -0.3 is 10.2 Å². The van der Waals surface area contributed by atoms with E-state index in [0.717, 1.165) is 5.56 Å². The second-order valence-electron chi connectivity index (χ2n) is 6.32. The van der Waals surface area contributed by atoms with Crippen molar-refractivity contribution in [3.8, 4) is 0 Å². The van der Waals surface area contributed by atoms with Crippen molar-refractivity contribution in [2.24, 2.45) is 0 Å². The number of amides is 2. The third-order valence-electron chi connectivity index (χ3n) is 4.65. The maximum Gasteiger partial charge on any atom is 0.290 e. The van der Waals surface area contributed by atoms with Crippen LogP contribution in [0.1, 0.15) is 53.5 Å². The summed E-state index contributed by atoms with van der Waals surface area (Å²) in [7, 11) is 0. The molecule has 2 aromatic heterocycles. The highest BCUT2D eigenvalue weighted by Crippen LogP contribution is 2.17. The molecule has 0 aliphatic heterocycles. The maximum atomic E-state index is 12.9. The van der Waals surface area contributed by atoms with Crippen LogP contribution in [-0.4, -0.2) is 39.2 Å². The third-order valence-corrected chi connectivity index (χ3v) is 4.65. The van der Waals surface area contributed by atoms with Crippen LogP contribution in [-0.2, 0) is 0 Å². The van der Waals surface area contributed by atoms with Gasteiger partial charge in [0.1, 0.15) is 0 Å². The molecular formula is C21H24N4O2. The molecule has 1 unspecified atom stereocenters. The highest BCUT2D eigenvalue weighted by molar-refractivity contribution is 6.02. The number of rotatable bonds is 6. The van der Waals surface area contributed by atoms with Gasteiger partial charge in [0.2, 0.25) is 5.82 Å². The first-order valence-corrected chi connectivity index (χ1v) is 9.19. The van der Waals surface area contributed by atoms with Crippen LogP contribution in [0.4, 0.5) is 0 Å². The summed E-state index contributed by atoms with van der Waals surface area (Å²) in [5, 5.41) is 2.97. The minimum atomic E-state index is -0.298. The molecule has 2 heterocycles. The van der Waals surface area contributed by atoms with Crippen LogP contribution in [0.15, 0.2) is 54.7 Å². The van der Waals surface area contributed by atoms with Crippen molar-refractivity contribution >= 4 is 17.3 Å². The van der Waals surface area contributed by atoms with E-state index in [2.05, 4.69) is 10.3 Å². The van der Waals surface area contributed by atoms with E-state index in [1.807, 2.05) is 63.2 Å². The Morgan fingerprint density at radius 1 is 1.07 bits per heavy atom. The van der Waals surface area contributed by atoms with Gasteiger partial charge in [0, 0.05) is 19.3 Å². The topological polar surface area (TPSA) is 66.7 Å². The summed E-state index contributed by atoms with van der Waals surface area (Å²) < 4.78 is 1.68. The Bertz CT molecular complexity index is 945. The van der Waals surface area contributed by atoms with E-state index in [1.165, 1.54) is 0 Å². The summed E-state index contributed by atoms with van der Waals surface area (Å²) in [5.41, 5.74) is 1.88. The van der Waals surface area contributed by atoms with E-state index in [4.69, 9.17) is 0 Å². The van der Waals surface area contributed by atoms with Crippen LogP contribution in [0.5, 0.6) is 0 Å². The summed E-state index contributed by atoms with van der Waals surface area (Å²) in [6, 6.07) is 15.0. The fourth-order valence-electron chi connectivity index (χ4n) is 3.10. The quantitative estimate of drug-likeness (QED) is 0.730. The van der Waals surface area contributed by atoms with Crippen molar-refractivity contribution in [1.82, 2.24) is 19.6 Å². The lowest BCUT2D eigenvalue weighted by atomic mass is 10.1. The average Bonchev–Trinajstić information content (AvgIpc) is 3.09. The molecule has 0 aliphatic carbocycles. The Morgan fingerprint density at radius 2 is 1.74 bits per heavy atom. The Labute approximate surface area is 158 Å². The van der Waals surface area contributed by atoms with Crippen LogP contribution in [0.3, 0.4) is 0 Å². The number of nitrogens with zero attached hydrogens (tertiary/aromatic N) is 3. The van der Waals surface area contributed by atoms with Gasteiger partial charge in [-0.25, -0.2) is 4.98 Å². The van der Waals surface area contributed by atoms with Gasteiger partial charge in [-0.1, -0.05) is 36.4 Å². The van der Waals surface area contributed by atoms with Gasteiger partial charge in [0.25, 0.3) is 11.8 Å². The number of nitrogens with one attached hydrogen (secondary N) is 1.